The number of para-hydroxylation sites is 1. The fourth-order valence-electron chi connectivity index (χ4n) is 2.60. The molecule has 0 unspecified atom stereocenters. The predicted octanol–water partition coefficient (Wildman–Crippen LogP) is 5.52. The highest BCUT2D eigenvalue weighted by atomic mass is 32.1. The molecule has 4 nitrogen and oxygen atoms in total. The van der Waals surface area contributed by atoms with Gasteiger partial charge in [-0.25, -0.2) is 4.98 Å². The summed E-state index contributed by atoms with van der Waals surface area (Å²) >= 11 is 1.64. The van der Waals surface area contributed by atoms with Crippen LogP contribution in [0.25, 0.3) is 26.9 Å². The van der Waals surface area contributed by atoms with E-state index in [1.54, 1.807) is 35.8 Å². The molecule has 0 saturated heterocycles. The Labute approximate surface area is 154 Å². The van der Waals surface area contributed by atoms with Crippen molar-refractivity contribution in [1.29, 1.82) is 0 Å². The molecule has 2 heterocycles. The van der Waals surface area contributed by atoms with Crippen LogP contribution in [0.1, 0.15) is 11.3 Å². The number of rotatable bonds is 4. The smallest absolute Gasteiger partial charge is 0.248 e. The van der Waals surface area contributed by atoms with Crippen LogP contribution in [0, 0.1) is 6.92 Å². The second-order valence-electron chi connectivity index (χ2n) is 5.85. The van der Waals surface area contributed by atoms with E-state index in [4.69, 9.17) is 4.42 Å². The molecular formula is C21H16N2O2S. The number of amides is 1. The molecule has 128 valence electrons. The van der Waals surface area contributed by atoms with E-state index in [9.17, 15) is 4.79 Å². The molecule has 5 heteroatoms. The first kappa shape index (κ1) is 16.3. The maximum absolute atomic E-state index is 12.2. The quantitative estimate of drug-likeness (QED) is 0.488. The van der Waals surface area contributed by atoms with Crippen LogP contribution in [-0.4, -0.2) is 10.9 Å². The van der Waals surface area contributed by atoms with Crippen molar-refractivity contribution < 1.29 is 9.21 Å². The minimum atomic E-state index is -0.203. The highest BCUT2D eigenvalue weighted by molar-refractivity contribution is 7.21. The standard InChI is InChI=1S/C21H16N2O2S/c1-14-8-9-15(21-23-17-6-2-3-7-19(17)26-21)13-18(14)22-20(24)11-10-16-5-4-12-25-16/h2-13H,1H3,(H,22,24)/b11-10-. The highest BCUT2D eigenvalue weighted by Gasteiger charge is 2.09. The molecule has 0 aliphatic rings. The molecule has 1 amide bonds. The molecule has 26 heavy (non-hydrogen) atoms. The Morgan fingerprint density at radius 2 is 2.04 bits per heavy atom. The highest BCUT2D eigenvalue weighted by Crippen LogP contribution is 2.32. The third-order valence-electron chi connectivity index (χ3n) is 3.98. The first-order valence-corrected chi connectivity index (χ1v) is 9.00. The lowest BCUT2D eigenvalue weighted by Gasteiger charge is -2.08. The van der Waals surface area contributed by atoms with Gasteiger partial charge >= 0.3 is 0 Å². The third kappa shape index (κ3) is 3.43. The lowest BCUT2D eigenvalue weighted by molar-refractivity contribution is -0.111. The first-order chi connectivity index (χ1) is 12.7. The molecule has 0 fully saturated rings. The van der Waals surface area contributed by atoms with Gasteiger partial charge in [-0.2, -0.15) is 0 Å². The van der Waals surface area contributed by atoms with Gasteiger partial charge in [0.25, 0.3) is 0 Å². The number of nitrogens with one attached hydrogen (secondary N) is 1. The number of hydrogen-bond acceptors (Lipinski definition) is 4. The molecule has 2 aromatic carbocycles. The Hall–Kier alpha value is -3.18. The summed E-state index contributed by atoms with van der Waals surface area (Å²) < 4.78 is 6.34. The zero-order valence-corrected chi connectivity index (χ0v) is 14.9. The van der Waals surface area contributed by atoms with Crippen molar-refractivity contribution >= 4 is 39.2 Å². The summed E-state index contributed by atoms with van der Waals surface area (Å²) in [6.07, 6.45) is 4.67. The zero-order valence-electron chi connectivity index (χ0n) is 14.1. The SMILES string of the molecule is Cc1ccc(-c2nc3ccccc3s2)cc1NC(=O)/C=C\c1ccco1. The molecule has 1 N–H and O–H groups in total. The maximum Gasteiger partial charge on any atom is 0.248 e. The normalized spacial score (nSPS) is 11.3. The Kier molecular flexibility index (Phi) is 4.37. The van der Waals surface area contributed by atoms with E-state index in [0.29, 0.717) is 5.76 Å². The van der Waals surface area contributed by atoms with E-state index in [-0.39, 0.29) is 5.91 Å². The number of aryl methyl sites for hydroxylation is 1. The maximum atomic E-state index is 12.2. The van der Waals surface area contributed by atoms with E-state index in [1.165, 1.54) is 6.08 Å². The number of carbonyl (C=O) groups excluding carboxylic acids is 1. The molecule has 0 radical (unpaired) electrons. The Morgan fingerprint density at radius 1 is 1.15 bits per heavy atom. The molecule has 0 saturated carbocycles. The summed E-state index contributed by atoms with van der Waals surface area (Å²) in [5.41, 5.74) is 3.74. The molecule has 2 aromatic heterocycles. The van der Waals surface area contributed by atoms with E-state index in [0.717, 1.165) is 32.0 Å². The Balaban J connectivity index is 1.58. The molecule has 0 spiro atoms. The van der Waals surface area contributed by atoms with Gasteiger partial charge in [-0.3, -0.25) is 4.79 Å². The lowest BCUT2D eigenvalue weighted by atomic mass is 10.1. The average molecular weight is 360 g/mol. The Morgan fingerprint density at radius 3 is 2.85 bits per heavy atom. The van der Waals surface area contributed by atoms with Crippen LogP contribution in [0.2, 0.25) is 0 Å². The fourth-order valence-corrected chi connectivity index (χ4v) is 3.57. The van der Waals surface area contributed by atoms with Gasteiger partial charge < -0.3 is 9.73 Å². The van der Waals surface area contributed by atoms with E-state index < -0.39 is 0 Å². The van der Waals surface area contributed by atoms with E-state index in [1.807, 2.05) is 43.3 Å². The molecule has 4 rings (SSSR count). The minimum Gasteiger partial charge on any atom is -0.465 e. The number of hydrogen-bond donors (Lipinski definition) is 1. The molecule has 0 atom stereocenters. The van der Waals surface area contributed by atoms with Gasteiger partial charge in [0.1, 0.15) is 10.8 Å². The van der Waals surface area contributed by atoms with Gasteiger partial charge in [0.15, 0.2) is 0 Å². The summed E-state index contributed by atoms with van der Waals surface area (Å²) in [7, 11) is 0. The number of thiazole rings is 1. The zero-order chi connectivity index (χ0) is 17.9. The monoisotopic (exact) mass is 360 g/mol. The first-order valence-electron chi connectivity index (χ1n) is 8.18. The summed E-state index contributed by atoms with van der Waals surface area (Å²) in [6, 6.07) is 17.6. The van der Waals surface area contributed by atoms with Crippen molar-refractivity contribution in [1.82, 2.24) is 4.98 Å². The van der Waals surface area contributed by atoms with Crippen LogP contribution in [0.4, 0.5) is 5.69 Å². The van der Waals surface area contributed by atoms with Crippen molar-refractivity contribution in [3.05, 3.63) is 78.3 Å². The van der Waals surface area contributed by atoms with Crippen molar-refractivity contribution in [3.63, 3.8) is 0 Å². The summed E-state index contributed by atoms with van der Waals surface area (Å²) in [5, 5.41) is 3.86. The molecular weight excluding hydrogens is 344 g/mol. The van der Waals surface area contributed by atoms with Crippen LogP contribution >= 0.6 is 11.3 Å². The van der Waals surface area contributed by atoms with E-state index in [2.05, 4.69) is 16.4 Å². The molecule has 0 aliphatic carbocycles. The number of furan rings is 1. The van der Waals surface area contributed by atoms with Crippen molar-refractivity contribution in [3.8, 4) is 10.6 Å². The minimum absolute atomic E-state index is 0.203. The number of nitrogens with zero attached hydrogens (tertiary/aromatic N) is 1. The number of benzene rings is 2. The van der Waals surface area contributed by atoms with Gasteiger partial charge in [-0.1, -0.05) is 24.3 Å². The summed E-state index contributed by atoms with van der Waals surface area (Å²) in [5.74, 6) is 0.436. The number of carbonyl (C=O) groups is 1. The summed E-state index contributed by atoms with van der Waals surface area (Å²) in [4.78, 5) is 16.9. The summed E-state index contributed by atoms with van der Waals surface area (Å²) in [6.45, 7) is 1.97. The third-order valence-corrected chi connectivity index (χ3v) is 5.06. The number of fused-ring (bicyclic) bond motifs is 1. The van der Waals surface area contributed by atoms with Gasteiger partial charge in [-0.05, 0) is 48.9 Å². The number of anilines is 1. The molecule has 4 aromatic rings. The van der Waals surface area contributed by atoms with Crippen LogP contribution in [0.5, 0.6) is 0 Å². The van der Waals surface area contributed by atoms with Gasteiger partial charge in [0, 0.05) is 17.3 Å². The molecule has 0 bridgehead atoms. The van der Waals surface area contributed by atoms with Crippen LogP contribution < -0.4 is 5.32 Å². The topological polar surface area (TPSA) is 55.1 Å². The van der Waals surface area contributed by atoms with Crippen LogP contribution in [0.3, 0.4) is 0 Å². The number of aromatic nitrogens is 1. The van der Waals surface area contributed by atoms with Crippen LogP contribution in [-0.2, 0) is 4.79 Å². The van der Waals surface area contributed by atoms with Crippen molar-refractivity contribution in [2.24, 2.45) is 0 Å². The second kappa shape index (κ2) is 6.98. The van der Waals surface area contributed by atoms with Crippen molar-refractivity contribution in [2.75, 3.05) is 5.32 Å². The lowest BCUT2D eigenvalue weighted by Crippen LogP contribution is -2.09. The van der Waals surface area contributed by atoms with E-state index >= 15 is 0 Å². The van der Waals surface area contributed by atoms with Gasteiger partial charge in [0.2, 0.25) is 5.91 Å². The Bertz CT molecular complexity index is 1060. The second-order valence-corrected chi connectivity index (χ2v) is 6.89. The van der Waals surface area contributed by atoms with Gasteiger partial charge in [0.05, 0.1) is 16.5 Å². The predicted molar refractivity (Wildman–Crippen MR) is 106 cm³/mol. The average Bonchev–Trinajstić information content (AvgIpc) is 3.31. The van der Waals surface area contributed by atoms with Crippen molar-refractivity contribution in [2.45, 2.75) is 6.92 Å². The van der Waals surface area contributed by atoms with Crippen LogP contribution in [0.15, 0.2) is 71.4 Å². The molecule has 0 aliphatic heterocycles. The van der Waals surface area contributed by atoms with Gasteiger partial charge in [-0.15, -0.1) is 11.3 Å². The largest absolute Gasteiger partial charge is 0.465 e. The fraction of sp³-hybridized carbons (Fsp3) is 0.0476.